The standard InChI is InChI=1S/C24H36N4O8/c1-4-13(2)19(25)22(33)28-20(14(3)29)23(34)26-16(10-11-18(30)31)21(32)27-17(24(35)36)12-15-8-6-5-7-9-15/h5-9,13-14,16-17,19-20,29H,4,10-12,25H2,1-3H3,(H,26,34)(H,27,32)(H,28,33)(H,30,31)(H,35,36). The molecule has 1 aromatic rings. The predicted molar refractivity (Wildman–Crippen MR) is 130 cm³/mol. The molecule has 0 saturated carbocycles. The van der Waals surface area contributed by atoms with E-state index in [4.69, 9.17) is 10.8 Å². The topological polar surface area (TPSA) is 208 Å². The van der Waals surface area contributed by atoms with Crippen molar-refractivity contribution in [1.29, 1.82) is 0 Å². The Morgan fingerprint density at radius 2 is 1.47 bits per heavy atom. The number of carboxylic acids is 2. The van der Waals surface area contributed by atoms with Gasteiger partial charge in [-0.25, -0.2) is 4.79 Å². The highest BCUT2D eigenvalue weighted by Gasteiger charge is 2.33. The molecule has 0 bridgehead atoms. The Balaban J connectivity index is 3.02. The molecule has 0 fully saturated rings. The number of amides is 3. The molecule has 0 aliphatic rings. The molecule has 1 rings (SSSR count). The number of benzene rings is 1. The zero-order valence-corrected chi connectivity index (χ0v) is 20.6. The van der Waals surface area contributed by atoms with Crippen LogP contribution in [0.4, 0.5) is 0 Å². The summed E-state index contributed by atoms with van der Waals surface area (Å²) in [7, 11) is 0. The summed E-state index contributed by atoms with van der Waals surface area (Å²) in [6, 6.07) is 3.35. The molecule has 0 spiro atoms. The van der Waals surface area contributed by atoms with Gasteiger partial charge in [0.05, 0.1) is 12.1 Å². The van der Waals surface area contributed by atoms with Crippen molar-refractivity contribution >= 4 is 29.7 Å². The first-order valence-corrected chi connectivity index (χ1v) is 11.7. The van der Waals surface area contributed by atoms with E-state index in [9.17, 15) is 34.2 Å². The fraction of sp³-hybridized carbons (Fsp3) is 0.542. The van der Waals surface area contributed by atoms with Crippen LogP contribution < -0.4 is 21.7 Å². The van der Waals surface area contributed by atoms with Crippen molar-refractivity contribution in [3.8, 4) is 0 Å². The molecule has 0 aliphatic carbocycles. The predicted octanol–water partition coefficient (Wildman–Crippen LogP) is -0.613. The number of carbonyl (C=O) groups excluding carboxylic acids is 3. The number of aliphatic hydroxyl groups is 1. The minimum absolute atomic E-state index is 0.0403. The van der Waals surface area contributed by atoms with Crippen LogP contribution in [-0.4, -0.2) is 75.3 Å². The lowest BCUT2D eigenvalue weighted by atomic mass is 9.98. The van der Waals surface area contributed by atoms with Gasteiger partial charge in [0, 0.05) is 12.8 Å². The summed E-state index contributed by atoms with van der Waals surface area (Å²) in [5.41, 5.74) is 6.53. The van der Waals surface area contributed by atoms with E-state index in [1.54, 1.807) is 37.3 Å². The number of carboxylic acid groups (broad SMARTS) is 2. The first-order valence-electron chi connectivity index (χ1n) is 11.7. The third kappa shape index (κ3) is 10.0. The van der Waals surface area contributed by atoms with Crippen molar-refractivity contribution in [2.45, 2.75) is 76.7 Å². The SMILES string of the molecule is CCC(C)C(N)C(=O)NC(C(=O)NC(CCC(=O)O)C(=O)NC(Cc1ccccc1)C(=O)O)C(C)O. The number of hydrogen-bond acceptors (Lipinski definition) is 7. The van der Waals surface area contributed by atoms with Gasteiger partial charge in [0.1, 0.15) is 18.1 Å². The van der Waals surface area contributed by atoms with Gasteiger partial charge in [0.25, 0.3) is 0 Å². The van der Waals surface area contributed by atoms with Crippen LogP contribution in [0.5, 0.6) is 0 Å². The summed E-state index contributed by atoms with van der Waals surface area (Å²) in [4.78, 5) is 61.0. The zero-order chi connectivity index (χ0) is 27.4. The van der Waals surface area contributed by atoms with Gasteiger partial charge >= 0.3 is 11.9 Å². The minimum Gasteiger partial charge on any atom is -0.481 e. The Hall–Kier alpha value is -3.51. The summed E-state index contributed by atoms with van der Waals surface area (Å²) >= 11 is 0. The Labute approximate surface area is 209 Å². The molecule has 0 heterocycles. The van der Waals surface area contributed by atoms with Crippen LogP contribution in [0.15, 0.2) is 30.3 Å². The van der Waals surface area contributed by atoms with Gasteiger partial charge in [-0.3, -0.25) is 19.2 Å². The monoisotopic (exact) mass is 508 g/mol. The lowest BCUT2D eigenvalue weighted by Gasteiger charge is -2.27. The lowest BCUT2D eigenvalue weighted by Crippen LogP contribution is -2.60. The maximum atomic E-state index is 12.9. The number of nitrogens with two attached hydrogens (primary N) is 1. The van der Waals surface area contributed by atoms with E-state index in [1.165, 1.54) is 6.92 Å². The summed E-state index contributed by atoms with van der Waals surface area (Å²) in [6.07, 6.45) is -1.66. The molecule has 0 radical (unpaired) electrons. The quantitative estimate of drug-likeness (QED) is 0.161. The third-order valence-corrected chi connectivity index (χ3v) is 5.80. The molecule has 6 atom stereocenters. The largest absolute Gasteiger partial charge is 0.481 e. The molecule has 1 aromatic carbocycles. The molecular weight excluding hydrogens is 472 g/mol. The average Bonchev–Trinajstić information content (AvgIpc) is 2.83. The van der Waals surface area contributed by atoms with Crippen molar-refractivity contribution in [2.75, 3.05) is 0 Å². The molecular formula is C24H36N4O8. The van der Waals surface area contributed by atoms with Gasteiger partial charge in [0.2, 0.25) is 17.7 Å². The molecule has 36 heavy (non-hydrogen) atoms. The third-order valence-electron chi connectivity index (χ3n) is 5.80. The second kappa shape index (κ2) is 14.8. The van der Waals surface area contributed by atoms with E-state index in [-0.39, 0.29) is 18.8 Å². The zero-order valence-electron chi connectivity index (χ0n) is 20.6. The van der Waals surface area contributed by atoms with Crippen LogP contribution in [0, 0.1) is 5.92 Å². The van der Waals surface area contributed by atoms with E-state index in [2.05, 4.69) is 16.0 Å². The van der Waals surface area contributed by atoms with E-state index in [1.807, 2.05) is 6.92 Å². The van der Waals surface area contributed by atoms with Crippen molar-refractivity contribution in [2.24, 2.45) is 11.7 Å². The van der Waals surface area contributed by atoms with E-state index >= 15 is 0 Å². The molecule has 0 saturated heterocycles. The fourth-order valence-corrected chi connectivity index (χ4v) is 3.29. The van der Waals surface area contributed by atoms with Crippen molar-refractivity contribution in [3.63, 3.8) is 0 Å². The minimum atomic E-state index is -1.48. The van der Waals surface area contributed by atoms with Gasteiger partial charge in [0.15, 0.2) is 0 Å². The molecule has 0 aromatic heterocycles. The Morgan fingerprint density at radius 1 is 0.889 bits per heavy atom. The number of aliphatic hydroxyl groups excluding tert-OH is 1. The van der Waals surface area contributed by atoms with Crippen LogP contribution >= 0.6 is 0 Å². The van der Waals surface area contributed by atoms with Gasteiger partial charge in [-0.1, -0.05) is 50.6 Å². The normalized spacial score (nSPS) is 15.9. The molecule has 6 unspecified atom stereocenters. The number of nitrogens with one attached hydrogen (secondary N) is 3. The molecule has 200 valence electrons. The highest BCUT2D eigenvalue weighted by atomic mass is 16.4. The Kier molecular flexibility index (Phi) is 12.5. The van der Waals surface area contributed by atoms with Crippen LogP contribution in [0.3, 0.4) is 0 Å². The van der Waals surface area contributed by atoms with Gasteiger partial charge in [-0.15, -0.1) is 0 Å². The maximum absolute atomic E-state index is 12.9. The Bertz CT molecular complexity index is 909. The second-order valence-electron chi connectivity index (χ2n) is 8.72. The molecule has 0 aliphatic heterocycles. The van der Waals surface area contributed by atoms with Crippen LogP contribution in [0.1, 0.15) is 45.6 Å². The summed E-state index contributed by atoms with van der Waals surface area (Å²) in [5, 5.41) is 35.7. The van der Waals surface area contributed by atoms with E-state index in [0.29, 0.717) is 12.0 Å². The van der Waals surface area contributed by atoms with Gasteiger partial charge in [-0.2, -0.15) is 0 Å². The van der Waals surface area contributed by atoms with Crippen molar-refractivity contribution in [1.82, 2.24) is 16.0 Å². The van der Waals surface area contributed by atoms with Crippen molar-refractivity contribution < 1.29 is 39.3 Å². The van der Waals surface area contributed by atoms with Crippen LogP contribution in [-0.2, 0) is 30.4 Å². The van der Waals surface area contributed by atoms with E-state index in [0.717, 1.165) is 0 Å². The Morgan fingerprint density at radius 3 is 1.97 bits per heavy atom. The molecule has 8 N–H and O–H groups in total. The van der Waals surface area contributed by atoms with Crippen molar-refractivity contribution in [3.05, 3.63) is 35.9 Å². The van der Waals surface area contributed by atoms with Crippen LogP contribution in [0.25, 0.3) is 0 Å². The van der Waals surface area contributed by atoms with E-state index < -0.39 is 66.4 Å². The highest BCUT2D eigenvalue weighted by Crippen LogP contribution is 2.08. The first-order chi connectivity index (χ1) is 16.9. The summed E-state index contributed by atoms with van der Waals surface area (Å²) in [5.74, 6) is -5.29. The smallest absolute Gasteiger partial charge is 0.326 e. The lowest BCUT2D eigenvalue weighted by molar-refractivity contribution is -0.143. The first kappa shape index (κ1) is 30.5. The second-order valence-corrected chi connectivity index (χ2v) is 8.72. The molecule has 12 heteroatoms. The maximum Gasteiger partial charge on any atom is 0.326 e. The molecule has 3 amide bonds. The number of aliphatic carboxylic acids is 2. The number of hydrogen-bond donors (Lipinski definition) is 7. The van der Waals surface area contributed by atoms with Gasteiger partial charge < -0.3 is 37.0 Å². The van der Waals surface area contributed by atoms with Gasteiger partial charge in [-0.05, 0) is 24.8 Å². The molecule has 12 nitrogen and oxygen atoms in total. The highest BCUT2D eigenvalue weighted by molar-refractivity contribution is 5.94. The summed E-state index contributed by atoms with van der Waals surface area (Å²) in [6.45, 7) is 4.85. The van der Waals surface area contributed by atoms with Crippen LogP contribution in [0.2, 0.25) is 0 Å². The average molecular weight is 509 g/mol. The summed E-state index contributed by atoms with van der Waals surface area (Å²) < 4.78 is 0. The number of rotatable bonds is 15. The number of carbonyl (C=O) groups is 5. The fourth-order valence-electron chi connectivity index (χ4n) is 3.29.